The van der Waals surface area contributed by atoms with Crippen molar-refractivity contribution < 1.29 is 4.79 Å². The lowest BCUT2D eigenvalue weighted by Gasteiger charge is -2.16. The van der Waals surface area contributed by atoms with E-state index < -0.39 is 0 Å². The lowest BCUT2D eigenvalue weighted by Crippen LogP contribution is -2.46. The van der Waals surface area contributed by atoms with E-state index in [1.165, 1.54) is 0 Å². The predicted octanol–water partition coefficient (Wildman–Crippen LogP) is 1.39. The number of carbonyl (C=O) groups is 1. The predicted molar refractivity (Wildman–Crippen MR) is 46.9 cm³/mol. The number of amides is 2. The molecule has 2 fully saturated rings. The van der Waals surface area contributed by atoms with Gasteiger partial charge >= 0.3 is 6.03 Å². The van der Waals surface area contributed by atoms with E-state index in [1.807, 2.05) is 0 Å². The van der Waals surface area contributed by atoms with Crippen molar-refractivity contribution in [2.45, 2.75) is 50.6 Å². The van der Waals surface area contributed by atoms with Crippen LogP contribution in [0.3, 0.4) is 0 Å². The molecular formula is C9H16N2O. The molecule has 0 bridgehead atoms. The summed E-state index contributed by atoms with van der Waals surface area (Å²) in [4.78, 5) is 11.3. The van der Waals surface area contributed by atoms with Crippen molar-refractivity contribution in [1.82, 2.24) is 10.6 Å². The average molecular weight is 168 g/mol. The SMILES string of the molecule is CC1(NC(=O)NC2(C)CC2)CC1. The summed E-state index contributed by atoms with van der Waals surface area (Å²) in [6, 6.07) is 0.00926. The minimum Gasteiger partial charge on any atom is -0.333 e. The molecule has 3 heteroatoms. The summed E-state index contributed by atoms with van der Waals surface area (Å²) in [5.74, 6) is 0. The molecule has 68 valence electrons. The topological polar surface area (TPSA) is 41.1 Å². The van der Waals surface area contributed by atoms with E-state index in [4.69, 9.17) is 0 Å². The summed E-state index contributed by atoms with van der Waals surface area (Å²) in [5.41, 5.74) is 0.213. The lowest BCUT2D eigenvalue weighted by atomic mass is 10.3. The monoisotopic (exact) mass is 168 g/mol. The second kappa shape index (κ2) is 2.15. The zero-order valence-electron chi connectivity index (χ0n) is 7.74. The minimum absolute atomic E-state index is 0.00926. The van der Waals surface area contributed by atoms with Crippen LogP contribution in [-0.4, -0.2) is 17.1 Å². The highest BCUT2D eigenvalue weighted by molar-refractivity contribution is 5.76. The Hall–Kier alpha value is -0.730. The Morgan fingerprint density at radius 3 is 1.58 bits per heavy atom. The molecule has 2 amide bonds. The summed E-state index contributed by atoms with van der Waals surface area (Å²) < 4.78 is 0. The van der Waals surface area contributed by atoms with Gasteiger partial charge in [0.05, 0.1) is 0 Å². The minimum atomic E-state index is 0.00926. The van der Waals surface area contributed by atoms with E-state index in [2.05, 4.69) is 24.5 Å². The zero-order valence-corrected chi connectivity index (χ0v) is 7.74. The molecule has 3 nitrogen and oxygen atoms in total. The first kappa shape index (κ1) is 7.90. The number of nitrogens with one attached hydrogen (secondary N) is 2. The third kappa shape index (κ3) is 1.71. The number of hydrogen-bond acceptors (Lipinski definition) is 1. The molecule has 2 N–H and O–H groups in total. The van der Waals surface area contributed by atoms with Crippen molar-refractivity contribution in [1.29, 1.82) is 0 Å². The molecule has 0 aromatic heterocycles. The van der Waals surface area contributed by atoms with Crippen LogP contribution in [0.4, 0.5) is 4.79 Å². The molecule has 0 saturated heterocycles. The van der Waals surface area contributed by atoms with Gasteiger partial charge in [0.2, 0.25) is 0 Å². The Bertz CT molecular complexity index is 195. The Morgan fingerprint density at radius 1 is 1.00 bits per heavy atom. The zero-order chi connectivity index (χ0) is 8.82. The standard InChI is InChI=1S/C9H16N2O/c1-8(3-4-8)10-7(12)11-9(2)5-6-9/h3-6H2,1-2H3,(H2,10,11,12). The van der Waals surface area contributed by atoms with Gasteiger partial charge in [-0.15, -0.1) is 0 Å². The number of hydrogen-bond donors (Lipinski definition) is 2. The van der Waals surface area contributed by atoms with E-state index in [1.54, 1.807) is 0 Å². The molecule has 0 unspecified atom stereocenters. The van der Waals surface area contributed by atoms with Gasteiger partial charge in [-0.2, -0.15) is 0 Å². The van der Waals surface area contributed by atoms with E-state index in [0.29, 0.717) is 0 Å². The molecule has 0 heterocycles. The maximum absolute atomic E-state index is 11.3. The number of carbonyl (C=O) groups excluding carboxylic acids is 1. The third-order valence-electron chi connectivity index (χ3n) is 2.83. The molecule has 0 aliphatic heterocycles. The Labute approximate surface area is 72.9 Å². The molecule has 12 heavy (non-hydrogen) atoms. The molecule has 0 spiro atoms. The van der Waals surface area contributed by atoms with Crippen molar-refractivity contribution in [3.8, 4) is 0 Å². The molecule has 0 aromatic carbocycles. The second-order valence-corrected chi connectivity index (χ2v) is 4.70. The maximum Gasteiger partial charge on any atom is 0.315 e. The molecule has 0 atom stereocenters. The van der Waals surface area contributed by atoms with Crippen molar-refractivity contribution in [3.63, 3.8) is 0 Å². The van der Waals surface area contributed by atoms with Crippen LogP contribution >= 0.6 is 0 Å². The molecular weight excluding hydrogens is 152 g/mol. The normalized spacial score (nSPS) is 27.5. The summed E-state index contributed by atoms with van der Waals surface area (Å²) in [5, 5.41) is 5.95. The fraction of sp³-hybridized carbons (Fsp3) is 0.889. The van der Waals surface area contributed by atoms with Gasteiger partial charge in [-0.1, -0.05) is 0 Å². The van der Waals surface area contributed by atoms with Gasteiger partial charge in [-0.05, 0) is 39.5 Å². The van der Waals surface area contributed by atoms with Crippen molar-refractivity contribution in [2.75, 3.05) is 0 Å². The number of rotatable bonds is 2. The maximum atomic E-state index is 11.3. The van der Waals surface area contributed by atoms with Crippen LogP contribution in [-0.2, 0) is 0 Å². The van der Waals surface area contributed by atoms with Crippen LogP contribution in [0, 0.1) is 0 Å². The van der Waals surface area contributed by atoms with Crippen LogP contribution in [0.5, 0.6) is 0 Å². The lowest BCUT2D eigenvalue weighted by molar-refractivity contribution is 0.232. The van der Waals surface area contributed by atoms with Crippen LogP contribution < -0.4 is 10.6 Å². The smallest absolute Gasteiger partial charge is 0.315 e. The third-order valence-corrected chi connectivity index (χ3v) is 2.83. The average Bonchev–Trinajstić information content (AvgIpc) is 2.76. The van der Waals surface area contributed by atoms with Crippen molar-refractivity contribution in [3.05, 3.63) is 0 Å². The van der Waals surface area contributed by atoms with Crippen LogP contribution in [0.2, 0.25) is 0 Å². The second-order valence-electron chi connectivity index (χ2n) is 4.70. The highest BCUT2D eigenvalue weighted by atomic mass is 16.2. The Balaban J connectivity index is 1.77. The highest BCUT2D eigenvalue weighted by Gasteiger charge is 2.42. The summed E-state index contributed by atoms with van der Waals surface area (Å²) in [7, 11) is 0. The Morgan fingerprint density at radius 2 is 1.33 bits per heavy atom. The van der Waals surface area contributed by atoms with Gasteiger partial charge in [-0.3, -0.25) is 0 Å². The fourth-order valence-corrected chi connectivity index (χ4v) is 1.20. The van der Waals surface area contributed by atoms with Gasteiger partial charge in [0, 0.05) is 11.1 Å². The fourth-order valence-electron chi connectivity index (χ4n) is 1.20. The van der Waals surface area contributed by atoms with Crippen LogP contribution in [0.25, 0.3) is 0 Å². The molecule has 0 radical (unpaired) electrons. The van der Waals surface area contributed by atoms with Gasteiger partial charge in [0.25, 0.3) is 0 Å². The van der Waals surface area contributed by atoms with E-state index in [0.717, 1.165) is 25.7 Å². The van der Waals surface area contributed by atoms with Gasteiger partial charge in [-0.25, -0.2) is 4.79 Å². The van der Waals surface area contributed by atoms with Crippen molar-refractivity contribution in [2.24, 2.45) is 0 Å². The summed E-state index contributed by atoms with van der Waals surface area (Å²) in [6.07, 6.45) is 4.49. The molecule has 2 rings (SSSR count). The van der Waals surface area contributed by atoms with Gasteiger partial charge < -0.3 is 10.6 Å². The molecule has 2 aliphatic rings. The molecule has 0 aromatic rings. The summed E-state index contributed by atoms with van der Waals surface area (Å²) >= 11 is 0. The first-order valence-electron chi connectivity index (χ1n) is 4.62. The van der Waals surface area contributed by atoms with E-state index >= 15 is 0 Å². The van der Waals surface area contributed by atoms with Crippen LogP contribution in [0.15, 0.2) is 0 Å². The first-order valence-corrected chi connectivity index (χ1v) is 4.62. The first-order chi connectivity index (χ1) is 5.52. The van der Waals surface area contributed by atoms with Crippen molar-refractivity contribution >= 4 is 6.03 Å². The summed E-state index contributed by atoms with van der Waals surface area (Å²) in [6.45, 7) is 4.17. The molecule has 2 saturated carbocycles. The largest absolute Gasteiger partial charge is 0.333 e. The van der Waals surface area contributed by atoms with E-state index in [-0.39, 0.29) is 17.1 Å². The number of urea groups is 1. The van der Waals surface area contributed by atoms with Gasteiger partial charge in [0.1, 0.15) is 0 Å². The van der Waals surface area contributed by atoms with E-state index in [9.17, 15) is 4.79 Å². The van der Waals surface area contributed by atoms with Crippen LogP contribution in [0.1, 0.15) is 39.5 Å². The van der Waals surface area contributed by atoms with Gasteiger partial charge in [0.15, 0.2) is 0 Å². The highest BCUT2D eigenvalue weighted by Crippen LogP contribution is 2.36. The Kier molecular flexibility index (Phi) is 1.41. The quantitative estimate of drug-likeness (QED) is 0.642. The molecule has 2 aliphatic carbocycles.